The van der Waals surface area contributed by atoms with E-state index in [1.807, 2.05) is 20.8 Å². The number of hydrogen-bond donors (Lipinski definition) is 2. The van der Waals surface area contributed by atoms with Gasteiger partial charge in [0.15, 0.2) is 0 Å². The van der Waals surface area contributed by atoms with Crippen LogP contribution in [-0.4, -0.2) is 50.7 Å². The average molecular weight is 425 g/mol. The third-order valence-corrected chi connectivity index (χ3v) is 5.95. The van der Waals surface area contributed by atoms with Crippen molar-refractivity contribution < 1.29 is 24.6 Å². The van der Waals surface area contributed by atoms with E-state index in [0.717, 1.165) is 4.90 Å². The maximum absolute atomic E-state index is 13.2. The van der Waals surface area contributed by atoms with Crippen molar-refractivity contribution in [2.75, 3.05) is 11.4 Å². The van der Waals surface area contributed by atoms with Crippen LogP contribution in [0.4, 0.5) is 10.5 Å². The van der Waals surface area contributed by atoms with Crippen LogP contribution in [0.2, 0.25) is 0 Å². The second-order valence-corrected chi connectivity index (χ2v) is 9.10. The molecule has 0 aromatic heterocycles. The first kappa shape index (κ1) is 18.8. The number of amides is 2. The molecule has 2 aliphatic heterocycles. The Bertz CT molecular complexity index is 833. The van der Waals surface area contributed by atoms with Crippen molar-refractivity contribution in [3.8, 4) is 0 Å². The number of likely N-dealkylation sites (tertiary alicyclic amines) is 1. The van der Waals surface area contributed by atoms with Gasteiger partial charge in [0, 0.05) is 16.6 Å². The molecule has 1 aromatic carbocycles. The lowest BCUT2D eigenvalue weighted by Gasteiger charge is -2.41. The van der Waals surface area contributed by atoms with Crippen LogP contribution in [0.5, 0.6) is 0 Å². The van der Waals surface area contributed by atoms with Crippen LogP contribution in [0.3, 0.4) is 0 Å². The molecule has 1 fully saturated rings. The zero-order chi connectivity index (χ0) is 19.7. The zero-order valence-electron chi connectivity index (χ0n) is 15.0. The number of nitrogens with zero attached hydrogens (tertiary/aromatic N) is 2. The molecule has 0 saturated carbocycles. The highest BCUT2D eigenvalue weighted by Gasteiger charge is 2.65. The Morgan fingerprint density at radius 3 is 2.31 bits per heavy atom. The Morgan fingerprint density at radius 2 is 1.85 bits per heavy atom. The molecule has 26 heavy (non-hydrogen) atoms. The molecule has 0 aliphatic carbocycles. The third-order valence-electron chi connectivity index (χ3n) is 5.46. The fourth-order valence-electron chi connectivity index (χ4n) is 4.40. The lowest BCUT2D eigenvalue weighted by Crippen LogP contribution is -2.56. The molecule has 0 bridgehead atoms. The molecule has 2 N–H and O–H groups in total. The Kier molecular flexibility index (Phi) is 4.01. The molecular formula is C18H21BrN2O5. The predicted octanol–water partition coefficient (Wildman–Crippen LogP) is 3.06. The average Bonchev–Trinajstić information content (AvgIpc) is 2.94. The van der Waals surface area contributed by atoms with E-state index in [2.05, 4.69) is 15.9 Å². The van der Waals surface area contributed by atoms with Gasteiger partial charge in [0.1, 0.15) is 5.54 Å². The molecule has 7 nitrogen and oxygen atoms in total. The summed E-state index contributed by atoms with van der Waals surface area (Å²) in [6.45, 7) is 7.43. The van der Waals surface area contributed by atoms with Crippen LogP contribution in [0.15, 0.2) is 22.7 Å². The Morgan fingerprint density at radius 1 is 1.23 bits per heavy atom. The number of fused-ring (bicyclic) bond motifs is 2. The van der Waals surface area contributed by atoms with Crippen molar-refractivity contribution in [1.29, 1.82) is 0 Å². The largest absolute Gasteiger partial charge is 0.480 e. The van der Waals surface area contributed by atoms with E-state index in [-0.39, 0.29) is 13.0 Å². The summed E-state index contributed by atoms with van der Waals surface area (Å²) in [6, 6.07) is 5.06. The number of aliphatic carboxylic acids is 1. The first-order chi connectivity index (χ1) is 11.8. The maximum atomic E-state index is 13.2. The van der Waals surface area contributed by atoms with Crippen LogP contribution < -0.4 is 4.90 Å². The molecule has 2 heterocycles. The van der Waals surface area contributed by atoms with Gasteiger partial charge in [-0.1, -0.05) is 22.0 Å². The molecule has 2 atom stereocenters. The first-order valence-corrected chi connectivity index (χ1v) is 9.02. The van der Waals surface area contributed by atoms with Crippen molar-refractivity contribution in [3.63, 3.8) is 0 Å². The maximum Gasteiger partial charge on any atom is 0.418 e. The number of carbonyl (C=O) groups excluding carboxylic acids is 1. The predicted molar refractivity (Wildman–Crippen MR) is 98.4 cm³/mol. The first-order valence-electron chi connectivity index (χ1n) is 8.23. The van der Waals surface area contributed by atoms with Crippen molar-refractivity contribution >= 4 is 39.6 Å². The standard InChI is InChI=1S/C18H21BrN2O5/c1-16(2,3)20-9-18(8-17(20,4)14(23)24)11-6-5-10(19)7-12(11)21(13(18)22)15(25)26/h5-7H,8-9H2,1-4H3,(H,23,24)(H,25,26)/t17-,18-/m0/s1. The van der Waals surface area contributed by atoms with E-state index >= 15 is 0 Å². The van der Waals surface area contributed by atoms with Crippen molar-refractivity contribution in [3.05, 3.63) is 28.2 Å². The number of benzene rings is 1. The number of imide groups is 1. The van der Waals surface area contributed by atoms with E-state index in [0.29, 0.717) is 15.7 Å². The number of anilines is 1. The Hall–Kier alpha value is -1.93. The number of rotatable bonds is 1. The van der Waals surface area contributed by atoms with Gasteiger partial charge < -0.3 is 10.2 Å². The fraction of sp³-hybridized carbons (Fsp3) is 0.500. The molecule has 8 heteroatoms. The van der Waals surface area contributed by atoms with E-state index in [9.17, 15) is 24.6 Å². The van der Waals surface area contributed by atoms with E-state index in [4.69, 9.17) is 0 Å². The van der Waals surface area contributed by atoms with Gasteiger partial charge in [-0.3, -0.25) is 14.5 Å². The van der Waals surface area contributed by atoms with Gasteiger partial charge in [0.05, 0.1) is 11.1 Å². The highest BCUT2D eigenvalue weighted by molar-refractivity contribution is 9.10. The third kappa shape index (κ3) is 2.39. The second-order valence-electron chi connectivity index (χ2n) is 8.18. The van der Waals surface area contributed by atoms with Gasteiger partial charge in [0.25, 0.3) is 0 Å². The highest BCUT2D eigenvalue weighted by atomic mass is 79.9. The van der Waals surface area contributed by atoms with Crippen molar-refractivity contribution in [2.45, 2.75) is 50.6 Å². The number of carbonyl (C=O) groups is 3. The van der Waals surface area contributed by atoms with Gasteiger partial charge in [-0.15, -0.1) is 0 Å². The van der Waals surface area contributed by atoms with Crippen molar-refractivity contribution in [1.82, 2.24) is 4.90 Å². The molecule has 0 unspecified atom stereocenters. The minimum atomic E-state index is -1.36. The minimum Gasteiger partial charge on any atom is -0.480 e. The van der Waals surface area contributed by atoms with Crippen LogP contribution in [0.25, 0.3) is 0 Å². The summed E-state index contributed by atoms with van der Waals surface area (Å²) in [4.78, 5) is 39.6. The number of hydrogen-bond acceptors (Lipinski definition) is 4. The number of carboxylic acids is 1. The lowest BCUT2D eigenvalue weighted by atomic mass is 9.76. The molecule has 1 spiro atoms. The minimum absolute atomic E-state index is 0.0177. The summed E-state index contributed by atoms with van der Waals surface area (Å²) in [5.41, 5.74) is -2.14. The van der Waals surface area contributed by atoms with Crippen LogP contribution in [-0.2, 0) is 15.0 Å². The topological polar surface area (TPSA) is 98.2 Å². The SMILES string of the molecule is CC(C)(C)N1C[C@]2(C[C@@]1(C)C(=O)O)C(=O)N(C(=O)O)c1cc(Br)ccc12. The zero-order valence-corrected chi connectivity index (χ0v) is 16.6. The Balaban J connectivity index is 2.24. The molecular weight excluding hydrogens is 404 g/mol. The van der Waals surface area contributed by atoms with Gasteiger partial charge in [0.2, 0.25) is 5.91 Å². The summed E-state index contributed by atoms with van der Waals surface area (Å²) in [5.74, 6) is -1.61. The number of carboxylic acid groups (broad SMARTS) is 2. The molecule has 3 rings (SSSR count). The quantitative estimate of drug-likeness (QED) is 0.718. The summed E-state index contributed by atoms with van der Waals surface area (Å²) in [5, 5.41) is 19.5. The van der Waals surface area contributed by atoms with E-state index < -0.39 is 34.5 Å². The fourth-order valence-corrected chi connectivity index (χ4v) is 4.75. The lowest BCUT2D eigenvalue weighted by molar-refractivity contribution is -0.151. The molecule has 0 radical (unpaired) electrons. The van der Waals surface area contributed by atoms with Gasteiger partial charge in [-0.05, 0) is 51.8 Å². The summed E-state index contributed by atoms with van der Waals surface area (Å²) in [7, 11) is 0. The van der Waals surface area contributed by atoms with Gasteiger partial charge in [-0.25, -0.2) is 9.69 Å². The van der Waals surface area contributed by atoms with Gasteiger partial charge in [-0.2, -0.15) is 0 Å². The smallest absolute Gasteiger partial charge is 0.418 e. The summed E-state index contributed by atoms with van der Waals surface area (Å²) < 4.78 is 0.652. The molecule has 2 aliphatic rings. The van der Waals surface area contributed by atoms with Crippen LogP contribution in [0.1, 0.15) is 39.7 Å². The van der Waals surface area contributed by atoms with E-state index in [1.54, 1.807) is 30.0 Å². The Labute approximate surface area is 159 Å². The number of halogens is 1. The highest BCUT2D eigenvalue weighted by Crippen LogP contribution is 2.54. The molecule has 1 aromatic rings. The van der Waals surface area contributed by atoms with Gasteiger partial charge >= 0.3 is 12.1 Å². The van der Waals surface area contributed by atoms with Crippen molar-refractivity contribution in [2.24, 2.45) is 0 Å². The normalized spacial score (nSPS) is 28.7. The summed E-state index contributed by atoms with van der Waals surface area (Å²) in [6.07, 6.45) is -1.35. The van der Waals surface area contributed by atoms with Crippen LogP contribution in [0, 0.1) is 0 Å². The molecule has 2 amide bonds. The molecule has 1 saturated heterocycles. The van der Waals surface area contributed by atoms with E-state index in [1.165, 1.54) is 0 Å². The van der Waals surface area contributed by atoms with Crippen LogP contribution >= 0.6 is 15.9 Å². The molecule has 140 valence electrons. The monoisotopic (exact) mass is 424 g/mol. The second kappa shape index (κ2) is 5.53. The summed E-state index contributed by atoms with van der Waals surface area (Å²) >= 11 is 3.31.